The molecule has 13 rings (SSSR count). The van der Waals surface area contributed by atoms with Gasteiger partial charge >= 0.3 is 5.97 Å². The number of nitrogens with zero attached hydrogens (tertiary/aromatic N) is 7. The van der Waals surface area contributed by atoms with E-state index in [9.17, 15) is 33.6 Å². The number of anilines is 4. The van der Waals surface area contributed by atoms with Gasteiger partial charge in [-0.25, -0.2) is 14.0 Å². The first kappa shape index (κ1) is 74.2. The van der Waals surface area contributed by atoms with E-state index in [-0.39, 0.29) is 64.5 Å². The number of nitrogen functional groups attached to an aromatic ring is 2. The maximum Gasteiger partial charge on any atom is 0.308 e. The van der Waals surface area contributed by atoms with Crippen molar-refractivity contribution in [2.75, 3.05) is 23.4 Å². The minimum Gasteiger partial charge on any atom is -0.466 e. The van der Waals surface area contributed by atoms with Gasteiger partial charge in [-0.2, -0.15) is 15.3 Å². The molecule has 24 nitrogen and oxygen atoms in total. The predicted molar refractivity (Wildman–Crippen MR) is 408 cm³/mol. The van der Waals surface area contributed by atoms with Crippen molar-refractivity contribution in [2.24, 2.45) is 23.1 Å². The maximum atomic E-state index is 12.7. The largest absolute Gasteiger partial charge is 0.466 e. The summed E-state index contributed by atoms with van der Waals surface area (Å²) in [5.41, 5.74) is 43.0. The van der Waals surface area contributed by atoms with Crippen molar-refractivity contribution in [1.29, 1.82) is 0 Å². The number of benzene rings is 7. The van der Waals surface area contributed by atoms with E-state index >= 15 is 0 Å². The number of amides is 6. The zero-order valence-corrected chi connectivity index (χ0v) is 59.6. The number of hydrogen-bond acceptors (Lipinski definition) is 15. The molecule has 2 aliphatic carbocycles. The van der Waals surface area contributed by atoms with Crippen molar-refractivity contribution >= 4 is 64.6 Å². The van der Waals surface area contributed by atoms with Gasteiger partial charge in [0.15, 0.2) is 0 Å². The molecular formula is C82H86N16O8. The molecular weight excluding hydrogens is 1340 g/mol. The molecule has 11 aromatic rings. The van der Waals surface area contributed by atoms with E-state index in [1.54, 1.807) is 48.3 Å². The first-order valence-electron chi connectivity index (χ1n) is 35.2. The van der Waals surface area contributed by atoms with Crippen LogP contribution in [0.15, 0.2) is 200 Å². The average molecular weight is 1420 g/mol. The highest BCUT2D eigenvalue weighted by Gasteiger charge is 2.34. The zero-order valence-electron chi connectivity index (χ0n) is 59.6. The van der Waals surface area contributed by atoms with E-state index in [1.165, 1.54) is 4.68 Å². The predicted octanol–water partition coefficient (Wildman–Crippen LogP) is 12.4. The summed E-state index contributed by atoms with van der Waals surface area (Å²) < 4.78 is 10.3. The first-order valence-corrected chi connectivity index (χ1v) is 35.2. The normalized spacial score (nSPS) is 13.9. The Morgan fingerprint density at radius 2 is 0.858 bits per heavy atom. The van der Waals surface area contributed by atoms with Crippen LogP contribution in [0.25, 0.3) is 39.5 Å². The number of pyridine rings is 1. The van der Waals surface area contributed by atoms with Gasteiger partial charge < -0.3 is 54.7 Å². The Morgan fingerprint density at radius 3 is 1.30 bits per heavy atom. The number of aromatic nitrogens is 7. The molecule has 2 unspecified atom stereocenters. The molecule has 0 saturated heterocycles. The highest BCUT2D eigenvalue weighted by atomic mass is 16.5. The number of para-hydroxylation sites is 1. The number of rotatable bonds is 22. The molecule has 0 aliphatic heterocycles. The van der Waals surface area contributed by atoms with Crippen molar-refractivity contribution in [3.63, 3.8) is 0 Å². The van der Waals surface area contributed by atoms with Gasteiger partial charge in [0.2, 0.25) is 0 Å². The summed E-state index contributed by atoms with van der Waals surface area (Å²) in [6.07, 6.45) is 10.5. The monoisotopic (exact) mass is 1420 g/mol. The van der Waals surface area contributed by atoms with Crippen LogP contribution < -0.4 is 49.9 Å². The molecule has 542 valence electrons. The van der Waals surface area contributed by atoms with Crippen LogP contribution in [0.5, 0.6) is 0 Å². The number of carbonyl (C=O) groups is 7. The number of primary amides is 3. The fraction of sp³-hybridized carbons (Fsp3) is 0.232. The lowest BCUT2D eigenvalue weighted by molar-refractivity contribution is -0.149. The fourth-order valence-electron chi connectivity index (χ4n) is 13.3. The molecule has 2 aliphatic rings. The number of carbonyl (C=O) groups excluding carboxylic acids is 7. The highest BCUT2D eigenvalue weighted by molar-refractivity contribution is 6.06. The van der Waals surface area contributed by atoms with E-state index < -0.39 is 17.7 Å². The maximum absolute atomic E-state index is 12.7. The average Bonchev–Trinajstić information content (AvgIpc) is 1.64. The summed E-state index contributed by atoms with van der Waals surface area (Å²) in [4.78, 5) is 91.0. The van der Waals surface area contributed by atoms with E-state index in [4.69, 9.17) is 38.5 Å². The lowest BCUT2D eigenvalue weighted by Crippen LogP contribution is -2.27. The van der Waals surface area contributed by atoms with E-state index in [1.807, 2.05) is 189 Å². The third kappa shape index (κ3) is 17.5. The summed E-state index contributed by atoms with van der Waals surface area (Å²) in [7, 11) is 0. The molecule has 0 radical (unpaired) electrons. The molecule has 0 spiro atoms. The number of aryl methyl sites for hydroxylation is 3. The van der Waals surface area contributed by atoms with Crippen LogP contribution in [0.2, 0.25) is 0 Å². The molecule has 0 bridgehead atoms. The lowest BCUT2D eigenvalue weighted by atomic mass is 9.86. The SMILES string of the molecule is CCOC(=O)C1CCCC(n2nc(-c3ccc(CNC(=O)c4ccccc4C)cc3)c(C(N)=O)c2N)C1.Cc1ccccc1C(=O)NCc1ccc(-c2nn(-c3ccncc3)c(N)c2C(N)=O)cc1.Cc1ccccc1C(=O)NCc1ccc(-c2nn(C3CCCC3)c(Nc3ccccc3)c2C(N)=O)cc1. The van der Waals surface area contributed by atoms with Crippen LogP contribution in [0.4, 0.5) is 23.1 Å². The minimum atomic E-state index is -0.661. The van der Waals surface area contributed by atoms with Crippen LogP contribution in [0, 0.1) is 26.7 Å². The number of nitrogens with two attached hydrogens (primary N) is 5. The van der Waals surface area contributed by atoms with Gasteiger partial charge in [-0.05, 0) is 136 Å². The van der Waals surface area contributed by atoms with Crippen molar-refractivity contribution in [1.82, 2.24) is 50.3 Å². The van der Waals surface area contributed by atoms with E-state index in [0.717, 1.165) is 89.6 Å². The van der Waals surface area contributed by atoms with Crippen molar-refractivity contribution in [2.45, 2.75) is 111 Å². The molecule has 4 aromatic heterocycles. The van der Waals surface area contributed by atoms with Crippen LogP contribution in [-0.4, -0.2) is 82.3 Å². The van der Waals surface area contributed by atoms with Crippen molar-refractivity contribution in [3.8, 4) is 39.5 Å². The smallest absolute Gasteiger partial charge is 0.308 e. The summed E-state index contributed by atoms with van der Waals surface area (Å²) in [5, 5.41) is 26.4. The van der Waals surface area contributed by atoms with Crippen LogP contribution in [0.3, 0.4) is 0 Å². The Balaban J connectivity index is 0.000000159. The number of hydrogen-bond donors (Lipinski definition) is 9. The fourth-order valence-corrected chi connectivity index (χ4v) is 13.3. The number of nitrogens with one attached hydrogen (secondary N) is 4. The molecule has 14 N–H and O–H groups in total. The molecule has 2 fully saturated rings. The standard InChI is InChI=1S/C30H31N5O2.C28H33N5O4.C24H22N6O2/c1-20-9-5-8-14-25(20)30(37)32-19-21-15-17-22(18-16-21)27-26(28(31)36)29(33-23-10-3-2-4-11-23)35(34-27)24-12-6-7-13-24;1-3-37-28(36)20-8-6-9-21(15-20)33-25(29)23(26(30)34)24(32-33)19-13-11-18(12-14-19)16-31-27(35)22-10-5-4-7-17(22)2;1-15-4-2-3-5-19(15)24(32)28-14-16-6-8-17(9-7-16)21-20(23(26)31)22(25)30(29-21)18-10-12-27-13-11-18/h2-5,8-11,14-18,24,33H,6-7,12-13,19H2,1H3,(H2,31,36)(H,32,37);4-5,7,10-14,20-21H,3,6,8-9,15-16,29H2,1-2H3,(H2,30,34)(H,31,35);2-13H,14,25H2,1H3,(H2,26,31)(H,28,32). The van der Waals surface area contributed by atoms with Gasteiger partial charge in [-0.3, -0.25) is 38.5 Å². The number of ether oxygens (including phenoxy) is 1. The van der Waals surface area contributed by atoms with Gasteiger partial charge in [0, 0.05) is 71.1 Å². The van der Waals surface area contributed by atoms with Gasteiger partial charge in [0.1, 0.15) is 51.2 Å². The van der Waals surface area contributed by atoms with Crippen LogP contribution in [0.1, 0.15) is 166 Å². The van der Waals surface area contributed by atoms with Gasteiger partial charge in [-0.15, -0.1) is 0 Å². The zero-order chi connectivity index (χ0) is 75.0. The second-order valence-corrected chi connectivity index (χ2v) is 26.2. The second-order valence-electron chi connectivity index (χ2n) is 26.2. The second kappa shape index (κ2) is 34.3. The molecule has 2 atom stereocenters. The molecule has 106 heavy (non-hydrogen) atoms. The lowest BCUT2D eigenvalue weighted by Gasteiger charge is -2.28. The van der Waals surface area contributed by atoms with E-state index in [0.29, 0.717) is 94.6 Å². The first-order chi connectivity index (χ1) is 51.3. The van der Waals surface area contributed by atoms with Gasteiger partial charge in [-0.1, -0.05) is 165 Å². The Hall–Kier alpha value is -13.0. The van der Waals surface area contributed by atoms with Crippen molar-refractivity contribution < 1.29 is 38.3 Å². The Labute approximate surface area is 614 Å². The van der Waals surface area contributed by atoms with Crippen LogP contribution >= 0.6 is 0 Å². The Kier molecular flexibility index (Phi) is 24.0. The van der Waals surface area contributed by atoms with E-state index in [2.05, 4.69) is 36.4 Å². The van der Waals surface area contributed by atoms with Crippen LogP contribution in [-0.2, 0) is 29.2 Å². The summed E-state index contributed by atoms with van der Waals surface area (Å²) >= 11 is 0. The minimum absolute atomic E-state index is 0.106. The third-order valence-corrected chi connectivity index (χ3v) is 19.0. The molecule has 6 amide bonds. The quantitative estimate of drug-likeness (QED) is 0.0285. The summed E-state index contributed by atoms with van der Waals surface area (Å²) in [5.74, 6) is -1.66. The topological polar surface area (TPSA) is 373 Å². The van der Waals surface area contributed by atoms with Gasteiger partial charge in [0.05, 0.1) is 30.3 Å². The molecule has 7 aromatic carbocycles. The molecule has 24 heteroatoms. The van der Waals surface area contributed by atoms with Gasteiger partial charge in [0.25, 0.3) is 35.4 Å². The Morgan fingerprint density at radius 1 is 0.453 bits per heavy atom. The molecule has 2 saturated carbocycles. The van der Waals surface area contributed by atoms with Crippen molar-refractivity contribution in [3.05, 3.63) is 267 Å². The Bertz CT molecular complexity index is 4970. The highest BCUT2D eigenvalue weighted by Crippen LogP contribution is 2.40. The number of esters is 1. The summed E-state index contributed by atoms with van der Waals surface area (Å²) in [6, 6.07) is 58.2. The summed E-state index contributed by atoms with van der Waals surface area (Å²) in [6.45, 7) is 8.96. The third-order valence-electron chi connectivity index (χ3n) is 19.0. The molecule has 4 heterocycles.